The summed E-state index contributed by atoms with van der Waals surface area (Å²) in [7, 11) is 3.24. The molecule has 1 saturated carbocycles. The molecule has 0 aliphatic heterocycles. The molecule has 1 rings (SSSR count). The number of carbonyl (C=O) groups is 1. The molecule has 0 spiro atoms. The molecule has 0 radical (unpaired) electrons. The zero-order valence-electron chi connectivity index (χ0n) is 9.20. The number of nitrogens with zero attached hydrogens (tertiary/aromatic N) is 1. The van der Waals surface area contributed by atoms with Crippen molar-refractivity contribution in [2.75, 3.05) is 27.3 Å². The molecule has 1 amide bonds. The Kier molecular flexibility index (Phi) is 4.55. The van der Waals surface area contributed by atoms with Crippen LogP contribution in [-0.2, 0) is 9.53 Å². The fourth-order valence-electron chi connectivity index (χ4n) is 1.69. The van der Waals surface area contributed by atoms with Gasteiger partial charge in [-0.2, -0.15) is 0 Å². The lowest BCUT2D eigenvalue weighted by molar-refractivity contribution is -0.136. The molecule has 0 bridgehead atoms. The summed E-state index contributed by atoms with van der Waals surface area (Å²) >= 11 is 3.46. The number of alkyl halides is 1. The number of amides is 1. The Labute approximate surface area is 98.7 Å². The maximum absolute atomic E-state index is 11.9. The van der Waals surface area contributed by atoms with Crippen molar-refractivity contribution in [2.24, 2.45) is 0 Å². The van der Waals surface area contributed by atoms with Crippen molar-refractivity contribution < 1.29 is 14.6 Å². The number of hydrogen-bond donors (Lipinski definition) is 1. The number of methoxy groups -OCH3 is 1. The van der Waals surface area contributed by atoms with Crippen molar-refractivity contribution in [1.29, 1.82) is 0 Å². The molecule has 15 heavy (non-hydrogen) atoms. The van der Waals surface area contributed by atoms with E-state index in [0.29, 0.717) is 6.54 Å². The van der Waals surface area contributed by atoms with E-state index in [1.807, 2.05) is 0 Å². The maximum Gasteiger partial charge on any atom is 0.239 e. The molecule has 0 aromatic rings. The molecule has 88 valence electrons. The highest BCUT2D eigenvalue weighted by Gasteiger charge is 2.43. The summed E-state index contributed by atoms with van der Waals surface area (Å²) in [4.78, 5) is 13.5. The van der Waals surface area contributed by atoms with Gasteiger partial charge < -0.3 is 14.7 Å². The summed E-state index contributed by atoms with van der Waals surface area (Å²) in [6.45, 7) is 0.576. The van der Waals surface area contributed by atoms with E-state index in [-0.39, 0.29) is 16.8 Å². The lowest BCUT2D eigenvalue weighted by atomic mass is 9.84. The molecule has 5 heteroatoms. The van der Waals surface area contributed by atoms with Crippen LogP contribution in [0.2, 0.25) is 0 Å². The Morgan fingerprint density at radius 3 is 2.67 bits per heavy atom. The van der Waals surface area contributed by atoms with Gasteiger partial charge in [-0.25, -0.2) is 0 Å². The smallest absolute Gasteiger partial charge is 0.239 e. The zero-order valence-corrected chi connectivity index (χ0v) is 10.8. The normalized spacial score (nSPS) is 20.5. The molecule has 0 saturated heterocycles. The number of likely N-dealkylation sites (N-methyl/N-ethyl adjacent to an activating group) is 1. The van der Waals surface area contributed by atoms with Crippen LogP contribution in [0.15, 0.2) is 0 Å². The molecule has 1 aliphatic carbocycles. The largest absolute Gasteiger partial charge is 0.389 e. The third kappa shape index (κ3) is 3.16. The van der Waals surface area contributed by atoms with Crippen LogP contribution in [-0.4, -0.2) is 53.7 Å². The molecule has 1 unspecified atom stereocenters. The van der Waals surface area contributed by atoms with Gasteiger partial charge in [0, 0.05) is 20.7 Å². The molecule has 0 aromatic carbocycles. The van der Waals surface area contributed by atoms with E-state index in [4.69, 9.17) is 4.74 Å². The van der Waals surface area contributed by atoms with Gasteiger partial charge in [-0.15, -0.1) is 0 Å². The first-order chi connectivity index (χ1) is 6.99. The van der Waals surface area contributed by atoms with Crippen molar-refractivity contribution in [1.82, 2.24) is 4.90 Å². The predicted molar refractivity (Wildman–Crippen MR) is 61.0 cm³/mol. The molecule has 1 atom stereocenters. The second-order valence-corrected chi connectivity index (χ2v) is 5.63. The summed E-state index contributed by atoms with van der Waals surface area (Å²) in [5.74, 6) is 0.0592. The van der Waals surface area contributed by atoms with Gasteiger partial charge in [0.05, 0.1) is 12.7 Å². The van der Waals surface area contributed by atoms with Crippen molar-refractivity contribution >= 4 is 21.8 Å². The quantitative estimate of drug-likeness (QED) is 0.757. The standard InChI is InChI=1S/C10H18BrNO3/c1-12(6-8(13)7-15-2)9(14)10(11)4-3-5-10/h8,13H,3-7H2,1-2H3. The van der Waals surface area contributed by atoms with Gasteiger partial charge >= 0.3 is 0 Å². The van der Waals surface area contributed by atoms with Crippen molar-refractivity contribution in [3.8, 4) is 0 Å². The molecule has 1 aliphatic rings. The summed E-state index contributed by atoms with van der Waals surface area (Å²) in [5.41, 5.74) is 0. The maximum atomic E-state index is 11.9. The molecule has 0 aromatic heterocycles. The van der Waals surface area contributed by atoms with Gasteiger partial charge in [-0.05, 0) is 19.3 Å². The number of aliphatic hydroxyl groups is 1. The van der Waals surface area contributed by atoms with E-state index in [2.05, 4.69) is 15.9 Å². The van der Waals surface area contributed by atoms with Crippen LogP contribution in [0, 0.1) is 0 Å². The Balaban J connectivity index is 2.39. The Morgan fingerprint density at radius 2 is 2.27 bits per heavy atom. The number of aliphatic hydroxyl groups excluding tert-OH is 1. The topological polar surface area (TPSA) is 49.8 Å². The third-order valence-corrected chi connectivity index (χ3v) is 3.85. The Hall–Kier alpha value is -0.130. The molecule has 1 fully saturated rings. The van der Waals surface area contributed by atoms with Crippen LogP contribution >= 0.6 is 15.9 Å². The van der Waals surface area contributed by atoms with E-state index >= 15 is 0 Å². The average molecular weight is 280 g/mol. The number of halogens is 1. The monoisotopic (exact) mass is 279 g/mol. The lowest BCUT2D eigenvalue weighted by Gasteiger charge is -2.38. The van der Waals surface area contributed by atoms with Crippen LogP contribution in [0.25, 0.3) is 0 Å². The molecule has 0 heterocycles. The zero-order chi connectivity index (χ0) is 11.5. The first-order valence-electron chi connectivity index (χ1n) is 5.11. The van der Waals surface area contributed by atoms with Crippen LogP contribution in [0.4, 0.5) is 0 Å². The van der Waals surface area contributed by atoms with Gasteiger partial charge in [0.25, 0.3) is 0 Å². The predicted octanol–water partition coefficient (Wildman–Crippen LogP) is 0.770. The van der Waals surface area contributed by atoms with E-state index < -0.39 is 6.10 Å². The minimum absolute atomic E-state index is 0.0592. The minimum Gasteiger partial charge on any atom is -0.389 e. The van der Waals surface area contributed by atoms with Crippen molar-refractivity contribution in [2.45, 2.75) is 29.7 Å². The Morgan fingerprint density at radius 1 is 1.67 bits per heavy atom. The van der Waals surface area contributed by atoms with Crippen LogP contribution in [0.5, 0.6) is 0 Å². The Bertz CT molecular complexity index is 231. The fourth-order valence-corrected chi connectivity index (χ4v) is 2.55. The first kappa shape index (κ1) is 12.9. The number of ether oxygens (including phenoxy) is 1. The SMILES string of the molecule is COCC(O)CN(C)C(=O)C1(Br)CCC1. The van der Waals surface area contributed by atoms with E-state index in [0.717, 1.165) is 19.3 Å². The van der Waals surface area contributed by atoms with Gasteiger partial charge in [0.1, 0.15) is 4.32 Å². The average Bonchev–Trinajstić information content (AvgIpc) is 2.13. The number of carbonyl (C=O) groups excluding carboxylic acids is 1. The number of rotatable bonds is 5. The van der Waals surface area contributed by atoms with Crippen molar-refractivity contribution in [3.63, 3.8) is 0 Å². The highest BCUT2D eigenvalue weighted by atomic mass is 79.9. The van der Waals surface area contributed by atoms with E-state index in [9.17, 15) is 9.90 Å². The lowest BCUT2D eigenvalue weighted by Crippen LogP contribution is -2.49. The van der Waals surface area contributed by atoms with E-state index in [1.165, 1.54) is 7.11 Å². The van der Waals surface area contributed by atoms with Crippen molar-refractivity contribution in [3.05, 3.63) is 0 Å². The molecule has 1 N–H and O–H groups in total. The highest BCUT2D eigenvalue weighted by Crippen LogP contribution is 2.41. The minimum atomic E-state index is -0.611. The summed E-state index contributed by atoms with van der Waals surface area (Å²) in [6, 6.07) is 0. The first-order valence-corrected chi connectivity index (χ1v) is 5.90. The summed E-state index contributed by atoms with van der Waals surface area (Å²) in [6.07, 6.45) is 2.25. The third-order valence-electron chi connectivity index (χ3n) is 2.72. The van der Waals surface area contributed by atoms with Crippen LogP contribution in [0.3, 0.4) is 0 Å². The fraction of sp³-hybridized carbons (Fsp3) is 0.900. The number of hydrogen-bond acceptors (Lipinski definition) is 3. The van der Waals surface area contributed by atoms with Gasteiger partial charge in [-0.1, -0.05) is 15.9 Å². The van der Waals surface area contributed by atoms with Crippen LogP contribution < -0.4 is 0 Å². The van der Waals surface area contributed by atoms with E-state index in [1.54, 1.807) is 11.9 Å². The summed E-state index contributed by atoms with van der Waals surface area (Å²) < 4.78 is 4.44. The highest BCUT2D eigenvalue weighted by molar-refractivity contribution is 9.10. The molecule has 4 nitrogen and oxygen atoms in total. The van der Waals surface area contributed by atoms with Gasteiger partial charge in [0.2, 0.25) is 5.91 Å². The van der Waals surface area contributed by atoms with Gasteiger partial charge in [-0.3, -0.25) is 4.79 Å². The molecular formula is C10H18BrNO3. The summed E-state index contributed by atoms with van der Waals surface area (Å²) in [5, 5.41) is 9.49. The van der Waals surface area contributed by atoms with Crippen LogP contribution in [0.1, 0.15) is 19.3 Å². The molecular weight excluding hydrogens is 262 g/mol. The van der Waals surface area contributed by atoms with Gasteiger partial charge in [0.15, 0.2) is 0 Å². The second kappa shape index (κ2) is 5.27. The second-order valence-electron chi connectivity index (χ2n) is 4.11.